The fourth-order valence-electron chi connectivity index (χ4n) is 2.91. The van der Waals surface area contributed by atoms with Crippen LogP contribution in [0.3, 0.4) is 0 Å². The zero-order chi connectivity index (χ0) is 17.6. The van der Waals surface area contributed by atoms with E-state index in [4.69, 9.17) is 9.47 Å². The quantitative estimate of drug-likeness (QED) is 0.854. The Hall–Kier alpha value is -2.63. The highest BCUT2D eigenvalue weighted by Gasteiger charge is 2.26. The number of aromatic nitrogens is 2. The second kappa shape index (κ2) is 7.96. The average Bonchev–Trinajstić information content (AvgIpc) is 2.60. The summed E-state index contributed by atoms with van der Waals surface area (Å²) in [5.74, 6) is 0. The Morgan fingerprint density at radius 1 is 1.20 bits per heavy atom. The van der Waals surface area contributed by atoms with E-state index in [1.54, 1.807) is 4.90 Å². The van der Waals surface area contributed by atoms with Gasteiger partial charge in [-0.3, -0.25) is 0 Å². The Bertz CT molecular complexity index is 701. The molecule has 0 aliphatic carbocycles. The molecule has 3 rings (SSSR count). The van der Waals surface area contributed by atoms with Gasteiger partial charge in [0.2, 0.25) is 0 Å². The normalized spacial score (nSPS) is 17.2. The molecular formula is C19H23N3O3. The predicted octanol–water partition coefficient (Wildman–Crippen LogP) is 3.27. The molecule has 132 valence electrons. The molecule has 1 aliphatic rings. The number of amides is 1. The number of carbonyl (C=O) groups excluding carboxylic acids is 1. The van der Waals surface area contributed by atoms with Crippen molar-refractivity contribution in [1.29, 1.82) is 0 Å². The van der Waals surface area contributed by atoms with Gasteiger partial charge >= 0.3 is 12.1 Å². The molecule has 1 unspecified atom stereocenters. The Morgan fingerprint density at radius 3 is 2.64 bits per heavy atom. The molecule has 1 aromatic carbocycles. The van der Waals surface area contributed by atoms with Crippen LogP contribution in [-0.4, -0.2) is 40.2 Å². The van der Waals surface area contributed by atoms with Crippen molar-refractivity contribution in [2.45, 2.75) is 39.4 Å². The fraction of sp³-hybridized carbons (Fsp3) is 0.421. The van der Waals surface area contributed by atoms with Crippen molar-refractivity contribution in [1.82, 2.24) is 14.9 Å². The Kier molecular flexibility index (Phi) is 5.48. The molecule has 6 nitrogen and oxygen atoms in total. The molecule has 1 saturated heterocycles. The van der Waals surface area contributed by atoms with Crippen molar-refractivity contribution in [3.05, 3.63) is 53.3 Å². The molecular weight excluding hydrogens is 318 g/mol. The summed E-state index contributed by atoms with van der Waals surface area (Å²) in [5.41, 5.74) is 2.72. The van der Waals surface area contributed by atoms with Crippen LogP contribution in [0.1, 0.15) is 29.8 Å². The number of benzene rings is 1. The van der Waals surface area contributed by atoms with Crippen molar-refractivity contribution < 1.29 is 14.3 Å². The lowest BCUT2D eigenvalue weighted by molar-refractivity contribution is 0.0518. The average molecular weight is 341 g/mol. The summed E-state index contributed by atoms with van der Waals surface area (Å²) in [6.45, 7) is 5.28. The van der Waals surface area contributed by atoms with Crippen LogP contribution in [0.4, 0.5) is 4.79 Å². The summed E-state index contributed by atoms with van der Waals surface area (Å²) >= 11 is 0. The third-order valence-corrected chi connectivity index (χ3v) is 4.08. The second-order valence-electron chi connectivity index (χ2n) is 6.30. The molecule has 1 fully saturated rings. The van der Waals surface area contributed by atoms with E-state index in [9.17, 15) is 4.79 Å². The number of carbonyl (C=O) groups is 1. The highest BCUT2D eigenvalue weighted by molar-refractivity contribution is 5.67. The van der Waals surface area contributed by atoms with Crippen molar-refractivity contribution in [3.8, 4) is 6.01 Å². The van der Waals surface area contributed by atoms with Crippen LogP contribution < -0.4 is 4.74 Å². The smallest absolute Gasteiger partial charge is 0.410 e. The maximum Gasteiger partial charge on any atom is 0.410 e. The van der Waals surface area contributed by atoms with E-state index in [2.05, 4.69) is 9.97 Å². The Labute approximate surface area is 147 Å². The lowest BCUT2D eigenvalue weighted by atomic mass is 10.1. The van der Waals surface area contributed by atoms with Crippen molar-refractivity contribution in [2.75, 3.05) is 13.1 Å². The standard InChI is InChI=1S/C19H23N3O3/c1-14-11-15(2)21-18(20-14)25-17-9-6-10-22(12-17)19(23)24-13-16-7-4-3-5-8-16/h3-5,7-8,11,17H,6,9-10,12-13H2,1-2H3. The molecule has 1 amide bonds. The van der Waals surface area contributed by atoms with E-state index in [-0.39, 0.29) is 18.8 Å². The summed E-state index contributed by atoms with van der Waals surface area (Å²) in [6.07, 6.45) is 1.33. The summed E-state index contributed by atoms with van der Waals surface area (Å²) in [5, 5.41) is 0. The first-order valence-electron chi connectivity index (χ1n) is 8.55. The minimum Gasteiger partial charge on any atom is -0.458 e. The third-order valence-electron chi connectivity index (χ3n) is 4.08. The maximum atomic E-state index is 12.3. The number of piperidine rings is 1. The molecule has 1 aliphatic heterocycles. The summed E-state index contributed by atoms with van der Waals surface area (Å²) in [6, 6.07) is 11.9. The van der Waals surface area contributed by atoms with Crippen molar-refractivity contribution in [3.63, 3.8) is 0 Å². The van der Waals surface area contributed by atoms with Crippen molar-refractivity contribution >= 4 is 6.09 Å². The van der Waals surface area contributed by atoms with E-state index < -0.39 is 0 Å². The number of likely N-dealkylation sites (tertiary alicyclic amines) is 1. The monoisotopic (exact) mass is 341 g/mol. The highest BCUT2D eigenvalue weighted by atomic mass is 16.6. The molecule has 0 spiro atoms. The first-order valence-corrected chi connectivity index (χ1v) is 8.55. The van der Waals surface area contributed by atoms with Crippen LogP contribution in [-0.2, 0) is 11.3 Å². The zero-order valence-electron chi connectivity index (χ0n) is 14.6. The first kappa shape index (κ1) is 17.2. The second-order valence-corrected chi connectivity index (χ2v) is 6.30. The van der Waals surface area contributed by atoms with E-state index in [1.807, 2.05) is 50.2 Å². The lowest BCUT2D eigenvalue weighted by Crippen LogP contribution is -2.44. The lowest BCUT2D eigenvalue weighted by Gasteiger charge is -2.31. The number of ether oxygens (including phenoxy) is 2. The molecule has 0 N–H and O–H groups in total. The van der Waals surface area contributed by atoms with Crippen LogP contribution in [0, 0.1) is 13.8 Å². The minimum atomic E-state index is -0.307. The third kappa shape index (κ3) is 4.92. The number of rotatable bonds is 4. The Morgan fingerprint density at radius 2 is 1.92 bits per heavy atom. The number of aryl methyl sites for hydroxylation is 2. The maximum absolute atomic E-state index is 12.3. The number of nitrogens with zero attached hydrogens (tertiary/aromatic N) is 3. The molecule has 1 atom stereocenters. The van der Waals surface area contributed by atoms with Crippen LogP contribution in [0.5, 0.6) is 6.01 Å². The van der Waals surface area contributed by atoms with E-state index in [0.717, 1.165) is 29.8 Å². The van der Waals surface area contributed by atoms with Crippen LogP contribution in [0.15, 0.2) is 36.4 Å². The van der Waals surface area contributed by atoms with Gasteiger partial charge in [-0.15, -0.1) is 0 Å². The molecule has 2 aromatic rings. The van der Waals surface area contributed by atoms with Gasteiger partial charge in [-0.05, 0) is 38.3 Å². The van der Waals surface area contributed by atoms with Gasteiger partial charge in [0.05, 0.1) is 6.54 Å². The molecule has 2 heterocycles. The van der Waals surface area contributed by atoms with Gasteiger partial charge in [0.15, 0.2) is 0 Å². The van der Waals surface area contributed by atoms with Gasteiger partial charge in [0.25, 0.3) is 0 Å². The molecule has 25 heavy (non-hydrogen) atoms. The highest BCUT2D eigenvalue weighted by Crippen LogP contribution is 2.17. The summed E-state index contributed by atoms with van der Waals surface area (Å²) in [4.78, 5) is 22.6. The zero-order valence-corrected chi connectivity index (χ0v) is 14.6. The molecule has 6 heteroatoms. The van der Waals surface area contributed by atoms with Gasteiger partial charge in [-0.1, -0.05) is 30.3 Å². The van der Waals surface area contributed by atoms with Crippen LogP contribution in [0.25, 0.3) is 0 Å². The van der Waals surface area contributed by atoms with Gasteiger partial charge in [0.1, 0.15) is 12.7 Å². The van der Waals surface area contributed by atoms with Crippen LogP contribution >= 0.6 is 0 Å². The molecule has 0 saturated carbocycles. The van der Waals surface area contributed by atoms with Gasteiger partial charge < -0.3 is 14.4 Å². The van der Waals surface area contributed by atoms with Gasteiger partial charge in [-0.25, -0.2) is 14.8 Å². The first-order chi connectivity index (χ1) is 12.1. The minimum absolute atomic E-state index is 0.112. The number of hydrogen-bond donors (Lipinski definition) is 0. The Balaban J connectivity index is 1.54. The van der Waals surface area contributed by atoms with E-state index in [0.29, 0.717) is 19.1 Å². The van der Waals surface area contributed by atoms with Crippen molar-refractivity contribution in [2.24, 2.45) is 0 Å². The van der Waals surface area contributed by atoms with E-state index in [1.165, 1.54) is 0 Å². The topological polar surface area (TPSA) is 64.5 Å². The van der Waals surface area contributed by atoms with Gasteiger partial charge in [-0.2, -0.15) is 0 Å². The van der Waals surface area contributed by atoms with Gasteiger partial charge in [0, 0.05) is 17.9 Å². The molecule has 1 aromatic heterocycles. The number of hydrogen-bond acceptors (Lipinski definition) is 5. The predicted molar refractivity (Wildman–Crippen MR) is 93.4 cm³/mol. The summed E-state index contributed by atoms with van der Waals surface area (Å²) < 4.78 is 11.3. The summed E-state index contributed by atoms with van der Waals surface area (Å²) in [7, 11) is 0. The van der Waals surface area contributed by atoms with E-state index >= 15 is 0 Å². The van der Waals surface area contributed by atoms with Crippen LogP contribution in [0.2, 0.25) is 0 Å². The SMILES string of the molecule is Cc1cc(C)nc(OC2CCCN(C(=O)OCc3ccccc3)C2)n1. The fourth-order valence-corrected chi connectivity index (χ4v) is 2.91. The molecule has 0 bridgehead atoms. The largest absolute Gasteiger partial charge is 0.458 e. The molecule has 0 radical (unpaired) electrons.